The van der Waals surface area contributed by atoms with Gasteiger partial charge in [0.1, 0.15) is 0 Å². The van der Waals surface area contributed by atoms with Crippen LogP contribution in [0.5, 0.6) is 0 Å². The molecule has 0 atom stereocenters. The minimum atomic E-state index is 0. The molecular weight excluding hydrogens is 657 g/mol. The summed E-state index contributed by atoms with van der Waals surface area (Å²) in [7, 11) is 0. The van der Waals surface area contributed by atoms with Gasteiger partial charge >= 0.3 is 0 Å². The Morgan fingerprint density at radius 1 is 0.250 bits per heavy atom. The summed E-state index contributed by atoms with van der Waals surface area (Å²) in [5.41, 5.74) is 0. The first-order valence-corrected chi connectivity index (χ1v) is 7.50. The van der Waals surface area contributed by atoms with Gasteiger partial charge in [0.25, 0.3) is 0 Å². The van der Waals surface area contributed by atoms with Crippen LogP contribution in [-0.2, 0) is 40.2 Å². The normalized spacial score (nSPS) is 23.8. The van der Waals surface area contributed by atoms with Crippen molar-refractivity contribution < 1.29 is 51.2 Å². The molecule has 0 amide bonds. The Labute approximate surface area is 179 Å². The molecule has 0 saturated heterocycles. The Morgan fingerprint density at radius 2 is 0.292 bits per heavy atom. The zero-order valence-electron chi connectivity index (χ0n) is 16.7. The summed E-state index contributed by atoms with van der Waals surface area (Å²) in [4.78, 5) is 0. The molecule has 12 radical (unpaired) electrons. The van der Waals surface area contributed by atoms with Crippen LogP contribution in [0.15, 0.2) is 0 Å². The van der Waals surface area contributed by atoms with Crippen molar-refractivity contribution in [3.63, 3.8) is 0 Å². The molecule has 2 fully saturated rings. The van der Waals surface area contributed by atoms with E-state index in [0.29, 0.717) is 0 Å². The van der Waals surface area contributed by atoms with E-state index in [9.17, 15) is 0 Å². The van der Waals surface area contributed by atoms with Gasteiger partial charge in [-0.05, 0) is 59.2 Å². The molecule has 0 heterocycles. The molecule has 2 rings (SSSR count). The maximum atomic E-state index is 2.20. The summed E-state index contributed by atoms with van der Waals surface area (Å²) < 4.78 is 0. The van der Waals surface area contributed by atoms with Crippen molar-refractivity contribution in [3.8, 4) is 0 Å². The first-order valence-electron chi connectivity index (χ1n) is 7.50. The molecular formula is C20H34Ir2O2. The Morgan fingerprint density at radius 3 is 0.333 bits per heavy atom. The fraction of sp³-hybridized carbons (Fsp3) is 0.500. The average Bonchev–Trinajstić information content (AvgIpc) is 2.71. The Kier molecular flexibility index (Phi) is 18.3. The van der Waals surface area contributed by atoms with Crippen molar-refractivity contribution in [2.45, 2.75) is 69.2 Å². The fourth-order valence-electron chi connectivity index (χ4n) is 2.81. The molecule has 4 N–H and O–H groups in total. The molecule has 144 valence electrons. The smallest absolute Gasteiger partial charge is 0 e. The van der Waals surface area contributed by atoms with Gasteiger partial charge in [-0.25, -0.2) is 0 Å². The Bertz CT molecular complexity index is 194. The average molecular weight is 691 g/mol. The molecule has 2 aliphatic carbocycles. The second-order valence-corrected chi connectivity index (χ2v) is 6.25. The van der Waals surface area contributed by atoms with E-state index in [1.807, 2.05) is 0 Å². The number of hydrogen-bond acceptors (Lipinski definition) is 0. The molecule has 4 heteroatoms. The Balaban J connectivity index is -0.000000143. The van der Waals surface area contributed by atoms with Crippen LogP contribution in [0.1, 0.15) is 69.2 Å². The van der Waals surface area contributed by atoms with E-state index in [2.05, 4.69) is 69.2 Å². The molecule has 0 aliphatic heterocycles. The topological polar surface area (TPSA) is 63.0 Å². The van der Waals surface area contributed by atoms with Crippen LogP contribution in [0.25, 0.3) is 0 Å². The van der Waals surface area contributed by atoms with Crippen LogP contribution in [0.4, 0.5) is 0 Å². The predicted octanol–water partition coefficient (Wildman–Crippen LogP) is 4.29. The quantitative estimate of drug-likeness (QED) is 0.365. The summed E-state index contributed by atoms with van der Waals surface area (Å²) in [6.07, 6.45) is 0. The van der Waals surface area contributed by atoms with Crippen LogP contribution in [-0.4, -0.2) is 11.0 Å². The SMILES string of the molecule is C[C]1[C](C)[C](C)[C](C)[C]1C.C[C]1[C](C)[C](C)[C](C)[C]1C.O.O.[Ir].[Ir]. The first kappa shape index (κ1) is 32.9. The van der Waals surface area contributed by atoms with Gasteiger partial charge < -0.3 is 11.0 Å². The predicted molar refractivity (Wildman–Crippen MR) is 96.4 cm³/mol. The summed E-state index contributed by atoms with van der Waals surface area (Å²) >= 11 is 0. The molecule has 0 aromatic heterocycles. The molecule has 0 spiro atoms. The molecule has 0 bridgehead atoms. The van der Waals surface area contributed by atoms with E-state index in [1.165, 1.54) is 59.2 Å². The van der Waals surface area contributed by atoms with Gasteiger partial charge in [0.05, 0.1) is 0 Å². The van der Waals surface area contributed by atoms with Gasteiger partial charge in [0.2, 0.25) is 0 Å². The van der Waals surface area contributed by atoms with Crippen molar-refractivity contribution >= 4 is 0 Å². The third kappa shape index (κ3) is 6.75. The zero-order valence-corrected chi connectivity index (χ0v) is 21.5. The second-order valence-electron chi connectivity index (χ2n) is 6.25. The van der Waals surface area contributed by atoms with Gasteiger partial charge in [-0.15, -0.1) is 0 Å². The third-order valence-corrected chi connectivity index (χ3v) is 5.62. The zero-order chi connectivity index (χ0) is 15.8. The summed E-state index contributed by atoms with van der Waals surface area (Å²) in [5.74, 6) is 14.7. The van der Waals surface area contributed by atoms with Gasteiger partial charge in [0, 0.05) is 40.2 Å². The molecule has 2 nitrogen and oxygen atoms in total. The van der Waals surface area contributed by atoms with Crippen molar-refractivity contribution in [3.05, 3.63) is 59.2 Å². The van der Waals surface area contributed by atoms with Crippen molar-refractivity contribution in [1.82, 2.24) is 0 Å². The van der Waals surface area contributed by atoms with Crippen LogP contribution >= 0.6 is 0 Å². The minimum absolute atomic E-state index is 0. The molecule has 2 aliphatic rings. The number of rotatable bonds is 0. The largest absolute Gasteiger partial charge is 0.412 e. The van der Waals surface area contributed by atoms with E-state index < -0.39 is 0 Å². The first-order chi connectivity index (χ1) is 9.11. The van der Waals surface area contributed by atoms with Gasteiger partial charge in [0.15, 0.2) is 0 Å². The van der Waals surface area contributed by atoms with Crippen LogP contribution in [0, 0.1) is 59.2 Å². The van der Waals surface area contributed by atoms with Crippen LogP contribution < -0.4 is 0 Å². The maximum Gasteiger partial charge on any atom is 0 e. The van der Waals surface area contributed by atoms with Crippen molar-refractivity contribution in [1.29, 1.82) is 0 Å². The summed E-state index contributed by atoms with van der Waals surface area (Å²) in [6.45, 7) is 22.0. The number of hydrogen-bond donors (Lipinski definition) is 0. The molecule has 0 aromatic rings. The van der Waals surface area contributed by atoms with E-state index >= 15 is 0 Å². The molecule has 2 saturated carbocycles. The van der Waals surface area contributed by atoms with Crippen LogP contribution in [0.3, 0.4) is 0 Å². The summed E-state index contributed by atoms with van der Waals surface area (Å²) in [5, 5.41) is 0. The minimum Gasteiger partial charge on any atom is -0.412 e. The van der Waals surface area contributed by atoms with E-state index in [0.717, 1.165) is 0 Å². The fourth-order valence-corrected chi connectivity index (χ4v) is 2.81. The Hall–Kier alpha value is 1.22. The third-order valence-electron chi connectivity index (χ3n) is 5.62. The van der Waals surface area contributed by atoms with Crippen molar-refractivity contribution in [2.24, 2.45) is 0 Å². The van der Waals surface area contributed by atoms with Gasteiger partial charge in [-0.3, -0.25) is 0 Å². The van der Waals surface area contributed by atoms with Crippen molar-refractivity contribution in [2.75, 3.05) is 0 Å². The van der Waals surface area contributed by atoms with Crippen LogP contribution in [0.2, 0.25) is 0 Å². The van der Waals surface area contributed by atoms with Gasteiger partial charge in [-0.2, -0.15) is 0 Å². The maximum absolute atomic E-state index is 2.20. The van der Waals surface area contributed by atoms with Gasteiger partial charge in [-0.1, -0.05) is 69.2 Å². The molecule has 0 aromatic carbocycles. The molecule has 0 unspecified atom stereocenters. The van der Waals surface area contributed by atoms with E-state index in [1.54, 1.807) is 0 Å². The standard InChI is InChI=1S/2C10H15.2Ir.2H2O/c2*1-6-7(2)9(4)10(5)8(6)3;;;;/h2*1-5H3;;;2*1H2. The van der Waals surface area contributed by atoms with E-state index in [-0.39, 0.29) is 51.2 Å². The second kappa shape index (κ2) is 13.4. The van der Waals surface area contributed by atoms with E-state index in [4.69, 9.17) is 0 Å². The monoisotopic (exact) mass is 692 g/mol. The summed E-state index contributed by atoms with van der Waals surface area (Å²) in [6, 6.07) is 0. The molecule has 24 heavy (non-hydrogen) atoms.